The first-order valence-corrected chi connectivity index (χ1v) is 37.3. The highest BCUT2D eigenvalue weighted by Gasteiger charge is 2.59. The summed E-state index contributed by atoms with van der Waals surface area (Å²) in [6.45, 7) is 49.2. The molecule has 1 N–H and O–H groups in total. The predicted octanol–water partition coefficient (Wildman–Crippen LogP) is 19.0. The van der Waals surface area contributed by atoms with Crippen LogP contribution in [0.25, 0.3) is 0 Å². The van der Waals surface area contributed by atoms with Gasteiger partial charge in [-0.1, -0.05) is 102 Å². The van der Waals surface area contributed by atoms with E-state index in [4.69, 9.17) is 49.3 Å². The third-order valence-corrected chi connectivity index (χ3v) is 29.1. The molecule has 4 fully saturated rings. The van der Waals surface area contributed by atoms with Crippen LogP contribution in [0.1, 0.15) is 220 Å². The molecule has 0 bridgehead atoms. The third kappa shape index (κ3) is 17.7. The van der Waals surface area contributed by atoms with Crippen LogP contribution in [0.2, 0.25) is 55.9 Å². The van der Waals surface area contributed by atoms with E-state index >= 15 is 0 Å². The Labute approximate surface area is 438 Å². The summed E-state index contributed by atoms with van der Waals surface area (Å²) < 4.78 is 20.6. The van der Waals surface area contributed by atoms with Crippen LogP contribution in [-0.4, -0.2) is 58.8 Å². The number of hydrogen-bond donors (Lipinski definition) is 1. The maximum atomic E-state index is 10.2. The molecule has 10 atom stereocenters. The molecule has 2 unspecified atom stereocenters. The fourth-order valence-electron chi connectivity index (χ4n) is 13.9. The van der Waals surface area contributed by atoms with Gasteiger partial charge in [0.25, 0.3) is 0 Å². The van der Waals surface area contributed by atoms with E-state index in [-0.39, 0.29) is 39.3 Å². The Hall–Kier alpha value is 0.191. The quantitative estimate of drug-likeness (QED) is 0.0844. The summed E-state index contributed by atoms with van der Waals surface area (Å²) in [5.41, 5.74) is 0.393. The topological polar surface area (TPSA) is 47.9 Å². The summed E-state index contributed by atoms with van der Waals surface area (Å²) in [7, 11) is -5.09. The van der Waals surface area contributed by atoms with E-state index in [2.05, 4.69) is 141 Å². The third-order valence-electron chi connectivity index (χ3n) is 19.0. The van der Waals surface area contributed by atoms with Crippen molar-refractivity contribution < 1.29 is 18.4 Å². The highest BCUT2D eigenvalue weighted by Crippen LogP contribution is 2.65. The Balaban J connectivity index is 0.000000638. The molecule has 4 rings (SSSR count). The van der Waals surface area contributed by atoms with Crippen molar-refractivity contribution >= 4 is 48.2 Å². The molecular weight excluding hydrogens is 928 g/mol. The molecule has 0 amide bonds. The largest absolute Gasteiger partial charge is 0.414 e. The second kappa shape index (κ2) is 25.1. The maximum absolute atomic E-state index is 10.2. The second-order valence-corrected chi connectivity index (χ2v) is 43.5. The average Bonchev–Trinajstić information content (AvgIpc) is 3.68. The molecule has 400 valence electrons. The summed E-state index contributed by atoms with van der Waals surface area (Å²) in [5, 5.41) is 10.9. The van der Waals surface area contributed by atoms with Crippen LogP contribution in [0.15, 0.2) is 0 Å². The average molecular weight is 1040 g/mol. The van der Waals surface area contributed by atoms with Crippen molar-refractivity contribution in [2.24, 2.45) is 45.3 Å². The fraction of sp³-hybridized carbons (Fsp3) is 0.932. The van der Waals surface area contributed by atoms with Crippen LogP contribution in [0.5, 0.6) is 0 Å². The minimum absolute atomic E-state index is 0. The van der Waals surface area contributed by atoms with Crippen LogP contribution in [-0.2, 0) is 13.3 Å². The van der Waals surface area contributed by atoms with Gasteiger partial charge in [-0.05, 0) is 206 Å². The first-order chi connectivity index (χ1) is 30.2. The van der Waals surface area contributed by atoms with Crippen LogP contribution in [0, 0.1) is 70.0 Å². The molecule has 0 saturated heterocycles. The molecule has 9 heteroatoms. The number of rotatable bonds is 18. The zero-order chi connectivity index (χ0) is 51.9. The Morgan fingerprint density at radius 1 is 0.574 bits per heavy atom. The fourth-order valence-corrected chi connectivity index (χ4v) is 18.4. The molecule has 0 spiro atoms. The number of alkyl halides is 2. The minimum atomic E-state index is -1.77. The van der Waals surface area contributed by atoms with Gasteiger partial charge in [0.15, 0.2) is 25.0 Å². The minimum Gasteiger partial charge on any atom is -0.414 e. The smallest absolute Gasteiger partial charge is 0.192 e. The van der Waals surface area contributed by atoms with Crippen molar-refractivity contribution in [2.45, 2.75) is 299 Å². The van der Waals surface area contributed by atoms with Gasteiger partial charge in [0, 0.05) is 25.0 Å². The lowest BCUT2D eigenvalue weighted by molar-refractivity contribution is -0.0446. The molecule has 68 heavy (non-hydrogen) atoms. The van der Waals surface area contributed by atoms with Crippen molar-refractivity contribution in [3.05, 3.63) is 0 Å². The molecule has 0 aromatic carbocycles. The number of halogens is 2. The zero-order valence-corrected chi connectivity index (χ0v) is 52.5. The molecular formula is C59H114Cl2O4Si3. The van der Waals surface area contributed by atoms with Crippen molar-refractivity contribution in [1.82, 2.24) is 0 Å². The van der Waals surface area contributed by atoms with Gasteiger partial charge < -0.3 is 18.4 Å². The maximum Gasteiger partial charge on any atom is 0.192 e. The zero-order valence-electron chi connectivity index (χ0n) is 48.0. The van der Waals surface area contributed by atoms with E-state index < -0.39 is 30.6 Å². The van der Waals surface area contributed by atoms with Crippen LogP contribution in [0.4, 0.5) is 0 Å². The standard InChI is InChI=1S/C30H58O2Si2.C27H50O2Si.CH2Cl2.CH4/c1-14-20-29(7,22-16-21-28(5,6)32-33(9,10)11)26-19-18-24-25(17-15-23-30(24,26)8)31-34(12,13)27(2,3)4;1-11-17-26(7,19-13-18-25(5,6)28)23-16-15-21-22(14-12-20-27(21,23)8)29-30(9,10)24(2,3)4;2-1-3;/h1,24-26H,15-23H2,2-13H3;1,21-23,28H,12-20H2,2-10H3;1H2;1H4/t24?,25-,26+,29-,30-;21?,22-,23+,26-,27-;;/m00../s1. The predicted molar refractivity (Wildman–Crippen MR) is 309 cm³/mol. The molecule has 0 aromatic heterocycles. The molecule has 0 aliphatic heterocycles. The van der Waals surface area contributed by atoms with Gasteiger partial charge in [0.05, 0.1) is 16.5 Å². The molecule has 4 nitrogen and oxygen atoms in total. The van der Waals surface area contributed by atoms with E-state index in [0.717, 1.165) is 38.5 Å². The lowest BCUT2D eigenvalue weighted by Gasteiger charge is -2.52. The van der Waals surface area contributed by atoms with Crippen molar-refractivity contribution in [3.63, 3.8) is 0 Å². The van der Waals surface area contributed by atoms with Gasteiger partial charge in [-0.15, -0.1) is 47.9 Å². The van der Waals surface area contributed by atoms with Crippen molar-refractivity contribution in [2.75, 3.05) is 5.34 Å². The Bertz CT molecular complexity index is 1610. The molecule has 0 heterocycles. The summed E-state index contributed by atoms with van der Waals surface area (Å²) in [4.78, 5) is 0. The van der Waals surface area contributed by atoms with E-state index in [1.165, 1.54) is 77.0 Å². The molecule has 0 aromatic rings. The highest BCUT2D eigenvalue weighted by atomic mass is 35.5. The van der Waals surface area contributed by atoms with Crippen LogP contribution >= 0.6 is 23.2 Å². The number of hydrogen-bond acceptors (Lipinski definition) is 4. The SMILES string of the molecule is C.C#CC[C@@](C)(CCCC(C)(C)O)[C@H]1CCC2[C@@H](O[Si](C)(C)C(C)(C)C)CCC[C@@]21C.C#CC[C@@](C)(CCCC(C)(C)O[Si](C)(C)C)[C@H]1CCC2[C@@H](O[Si](C)(C)C(C)(C)C)CCC[C@@]21C.ClCCl. The van der Waals surface area contributed by atoms with Crippen molar-refractivity contribution in [3.8, 4) is 24.7 Å². The molecule has 4 saturated carbocycles. The van der Waals surface area contributed by atoms with Crippen LogP contribution < -0.4 is 0 Å². The number of terminal acetylenes is 2. The number of fused-ring (bicyclic) bond motifs is 2. The highest BCUT2D eigenvalue weighted by molar-refractivity contribution is 6.74. The van der Waals surface area contributed by atoms with E-state index in [1.807, 2.05) is 13.8 Å². The van der Waals surface area contributed by atoms with Gasteiger partial charge in [-0.3, -0.25) is 0 Å². The van der Waals surface area contributed by atoms with Gasteiger partial charge in [0.1, 0.15) is 0 Å². The van der Waals surface area contributed by atoms with E-state index in [1.54, 1.807) is 0 Å². The Morgan fingerprint density at radius 2 is 0.912 bits per heavy atom. The van der Waals surface area contributed by atoms with E-state index in [9.17, 15) is 5.11 Å². The van der Waals surface area contributed by atoms with Crippen molar-refractivity contribution in [1.29, 1.82) is 0 Å². The summed E-state index contributed by atoms with van der Waals surface area (Å²) in [6.07, 6.45) is 33.9. The second-order valence-electron chi connectivity index (χ2n) is 28.8. The van der Waals surface area contributed by atoms with Gasteiger partial charge in [0.2, 0.25) is 0 Å². The normalized spacial score (nSPS) is 29.8. The number of aliphatic hydroxyl groups is 1. The lowest BCUT2D eigenvalue weighted by Crippen LogP contribution is -2.51. The summed E-state index contributed by atoms with van der Waals surface area (Å²) in [5.74, 6) is 8.82. The Morgan fingerprint density at radius 3 is 1.21 bits per heavy atom. The first kappa shape index (κ1) is 66.2. The first-order valence-electron chi connectivity index (χ1n) is 27.0. The summed E-state index contributed by atoms with van der Waals surface area (Å²) in [6, 6.07) is 0. The Kier molecular flexibility index (Phi) is 24.5. The monoisotopic (exact) mass is 1040 g/mol. The molecule has 4 aliphatic rings. The van der Waals surface area contributed by atoms with Gasteiger partial charge >= 0.3 is 0 Å². The summed E-state index contributed by atoms with van der Waals surface area (Å²) >= 11 is 9.53. The molecule has 4 aliphatic carbocycles. The lowest BCUT2D eigenvalue weighted by atomic mass is 9.56. The van der Waals surface area contributed by atoms with Gasteiger partial charge in [-0.2, -0.15) is 0 Å². The van der Waals surface area contributed by atoms with Gasteiger partial charge in [-0.25, -0.2) is 0 Å². The molecule has 0 radical (unpaired) electrons. The van der Waals surface area contributed by atoms with E-state index in [0.29, 0.717) is 46.7 Å². The van der Waals surface area contributed by atoms with Crippen LogP contribution in [0.3, 0.4) is 0 Å².